The number of amides is 1. The van der Waals surface area contributed by atoms with Crippen LogP contribution in [0.25, 0.3) is 38.8 Å². The minimum atomic E-state index is -1.17. The number of aromatic amines is 2. The fourth-order valence-corrected chi connectivity index (χ4v) is 8.35. The monoisotopic (exact) mass is 802 g/mol. The Morgan fingerprint density at radius 3 is 2.02 bits per heavy atom. The summed E-state index contributed by atoms with van der Waals surface area (Å²) in [6.07, 6.45) is 6.52. The summed E-state index contributed by atoms with van der Waals surface area (Å²) in [6.45, 7) is 13.4. The van der Waals surface area contributed by atoms with Gasteiger partial charge in [-0.1, -0.05) is 24.8 Å². The first-order valence-electron chi connectivity index (χ1n) is 19.7. The van der Waals surface area contributed by atoms with Crippen LogP contribution >= 0.6 is 0 Å². The van der Waals surface area contributed by atoms with Crippen LogP contribution in [-0.4, -0.2) is 109 Å². The Labute approximate surface area is 344 Å². The van der Waals surface area contributed by atoms with Crippen LogP contribution < -0.4 is 0 Å². The Morgan fingerprint density at radius 2 is 1.42 bits per heavy atom. The number of nitrogens with zero attached hydrogens (tertiary/aromatic N) is 4. The molecule has 13 nitrogen and oxygen atoms in total. The molecule has 59 heavy (non-hydrogen) atoms. The van der Waals surface area contributed by atoms with Crippen LogP contribution in [-0.2, 0) is 51.6 Å². The van der Waals surface area contributed by atoms with Crippen molar-refractivity contribution in [1.82, 2.24) is 29.7 Å². The number of aromatic nitrogens is 4. The number of ether oxygens (including phenoxy) is 3. The van der Waals surface area contributed by atoms with Crippen molar-refractivity contribution in [3.8, 4) is 0 Å². The second-order valence-electron chi connectivity index (χ2n) is 15.7. The number of methoxy groups -OCH3 is 3. The molecule has 0 spiro atoms. The summed E-state index contributed by atoms with van der Waals surface area (Å²) in [6, 6.07) is 7.83. The molecule has 3 aromatic heterocycles. The number of likely N-dealkylation sites (N-methyl/N-ethyl adjacent to an activating group) is 2. The zero-order valence-corrected chi connectivity index (χ0v) is 35.7. The van der Waals surface area contributed by atoms with Gasteiger partial charge in [-0.3, -0.25) is 19.4 Å². The lowest BCUT2D eigenvalue weighted by Crippen LogP contribution is -2.42. The smallest absolute Gasteiger partial charge is 0.334 e. The molecule has 0 aromatic carbocycles. The van der Waals surface area contributed by atoms with Gasteiger partial charge in [0.1, 0.15) is 5.92 Å². The SMILES string of the molecule is C=CC1=C(C)c2cc3nc(cc4[nH]c(cc5[nH]c(cc1n2)c(C)c5CCC(=O)N(C)CCN(C)C)c(CCC(=O)OC)c4C)[C@@]1(C)C3=CC=C(C(=O)OC)[C@H]1C(=O)OC. The summed E-state index contributed by atoms with van der Waals surface area (Å²) in [5, 5.41) is 0. The maximum Gasteiger partial charge on any atom is 0.334 e. The summed E-state index contributed by atoms with van der Waals surface area (Å²) < 4.78 is 15.5. The number of H-pyrrole nitrogens is 2. The molecule has 0 saturated carbocycles. The van der Waals surface area contributed by atoms with Crippen molar-refractivity contribution >= 4 is 62.6 Å². The molecule has 8 bridgehead atoms. The number of hydrogen-bond donors (Lipinski definition) is 2. The zero-order chi connectivity index (χ0) is 42.9. The van der Waals surface area contributed by atoms with E-state index >= 15 is 0 Å². The molecule has 0 fully saturated rings. The van der Waals surface area contributed by atoms with E-state index in [1.54, 1.807) is 17.1 Å². The van der Waals surface area contributed by atoms with Crippen molar-refractivity contribution in [3.05, 3.63) is 99.7 Å². The Kier molecular flexibility index (Phi) is 12.3. The Morgan fingerprint density at radius 1 is 0.780 bits per heavy atom. The van der Waals surface area contributed by atoms with Crippen LogP contribution in [0.1, 0.15) is 71.7 Å². The predicted molar refractivity (Wildman–Crippen MR) is 229 cm³/mol. The third-order valence-electron chi connectivity index (χ3n) is 12.0. The number of nitrogens with one attached hydrogen (secondary N) is 2. The molecular weight excluding hydrogens is 749 g/mol. The first-order valence-corrected chi connectivity index (χ1v) is 19.7. The molecule has 3 aliphatic rings. The van der Waals surface area contributed by atoms with E-state index in [4.69, 9.17) is 24.2 Å². The summed E-state index contributed by atoms with van der Waals surface area (Å²) >= 11 is 0. The predicted octanol–water partition coefficient (Wildman–Crippen LogP) is 6.35. The average Bonchev–Trinajstić information content (AvgIpc) is 3.87. The number of allylic oxidation sites excluding steroid dienone is 6. The minimum absolute atomic E-state index is 0.0459. The van der Waals surface area contributed by atoms with Crippen LogP contribution in [0.2, 0.25) is 0 Å². The fourth-order valence-electron chi connectivity index (χ4n) is 8.35. The van der Waals surface area contributed by atoms with E-state index < -0.39 is 23.3 Å². The third-order valence-corrected chi connectivity index (χ3v) is 12.0. The number of aryl methyl sites for hydroxylation is 4. The summed E-state index contributed by atoms with van der Waals surface area (Å²) in [5.41, 5.74) is 10.7. The van der Waals surface area contributed by atoms with Crippen molar-refractivity contribution in [3.63, 3.8) is 0 Å². The van der Waals surface area contributed by atoms with E-state index in [2.05, 4.69) is 16.5 Å². The number of hydrogen-bond acceptors (Lipinski definition) is 10. The van der Waals surface area contributed by atoms with E-state index in [-0.39, 0.29) is 23.9 Å². The van der Waals surface area contributed by atoms with Gasteiger partial charge >= 0.3 is 17.9 Å². The topological polar surface area (TPSA) is 160 Å². The third kappa shape index (κ3) is 7.91. The van der Waals surface area contributed by atoms with E-state index in [1.807, 2.05) is 84.1 Å². The number of fused-ring (bicyclic) bond motifs is 11. The van der Waals surface area contributed by atoms with E-state index in [0.717, 1.165) is 56.5 Å². The lowest BCUT2D eigenvalue weighted by Gasteiger charge is -2.36. The van der Waals surface area contributed by atoms with Crippen LogP contribution in [0.4, 0.5) is 0 Å². The Hall–Kier alpha value is -6.08. The minimum Gasteiger partial charge on any atom is -0.469 e. The highest BCUT2D eigenvalue weighted by Crippen LogP contribution is 2.52. The summed E-state index contributed by atoms with van der Waals surface area (Å²) in [7, 11) is 9.74. The number of carbonyl (C=O) groups is 4. The molecule has 2 atom stereocenters. The van der Waals surface area contributed by atoms with Gasteiger partial charge in [0, 0.05) is 60.6 Å². The largest absolute Gasteiger partial charge is 0.469 e. The van der Waals surface area contributed by atoms with Crippen LogP contribution in [0.5, 0.6) is 0 Å². The van der Waals surface area contributed by atoms with Gasteiger partial charge in [-0.25, -0.2) is 9.78 Å². The normalized spacial score (nSPS) is 17.2. The Bertz CT molecular complexity index is 2520. The van der Waals surface area contributed by atoms with Crippen molar-refractivity contribution in [2.45, 2.75) is 58.8 Å². The molecule has 1 aliphatic carbocycles. The molecule has 13 heteroatoms. The Balaban J connectivity index is 1.69. The van der Waals surface area contributed by atoms with Gasteiger partial charge in [0.25, 0.3) is 0 Å². The average molecular weight is 803 g/mol. The highest BCUT2D eigenvalue weighted by Gasteiger charge is 2.53. The lowest BCUT2D eigenvalue weighted by molar-refractivity contribution is -0.149. The molecule has 1 amide bonds. The van der Waals surface area contributed by atoms with Gasteiger partial charge in [0.15, 0.2) is 0 Å². The van der Waals surface area contributed by atoms with Crippen molar-refractivity contribution in [1.29, 1.82) is 0 Å². The maximum atomic E-state index is 13.8. The second kappa shape index (κ2) is 17.0. The molecule has 0 unspecified atom stereocenters. The van der Waals surface area contributed by atoms with E-state index in [9.17, 15) is 19.2 Å². The summed E-state index contributed by atoms with van der Waals surface area (Å²) in [4.78, 5) is 74.3. The molecule has 5 heterocycles. The molecule has 310 valence electrons. The number of esters is 3. The van der Waals surface area contributed by atoms with Crippen LogP contribution in [0.3, 0.4) is 0 Å². The molecule has 0 saturated heterocycles. The fraction of sp³-hybridized carbons (Fsp3) is 0.391. The first kappa shape index (κ1) is 42.5. The number of rotatable bonds is 12. The summed E-state index contributed by atoms with van der Waals surface area (Å²) in [5.74, 6) is -2.64. The van der Waals surface area contributed by atoms with Gasteiger partial charge in [-0.2, -0.15) is 0 Å². The van der Waals surface area contributed by atoms with Gasteiger partial charge in [-0.05, 0) is 112 Å². The highest BCUT2D eigenvalue weighted by molar-refractivity contribution is 6.02. The maximum absolute atomic E-state index is 13.8. The van der Waals surface area contributed by atoms with Gasteiger partial charge in [0.05, 0.1) is 55.1 Å². The van der Waals surface area contributed by atoms with E-state index in [1.165, 1.54) is 21.3 Å². The van der Waals surface area contributed by atoms with Crippen molar-refractivity contribution < 1.29 is 33.4 Å². The lowest BCUT2D eigenvalue weighted by atomic mass is 9.64. The standard InChI is InChI=1S/C46H54N6O7/c1-12-28-25(2)34-22-39-32-16-13-31(44(55)58-10)43(45(56)59-11)46(32,5)40(50-39)24-35-27(4)30(15-18-42(54)57-9)38(49-35)23-37-29(26(3)33(48-37)21-36(28)47-34)14-17-41(53)52(8)20-19-51(6)7/h12-13,16,21-24,43,48-49H,1,14-15,17-20H2,2-11H3/t43-,46+/m0/s1. The van der Waals surface area contributed by atoms with E-state index in [0.29, 0.717) is 59.7 Å². The van der Waals surface area contributed by atoms with Crippen molar-refractivity contribution in [2.75, 3.05) is 55.6 Å². The van der Waals surface area contributed by atoms with Crippen LogP contribution in [0.15, 0.2) is 54.6 Å². The second-order valence-corrected chi connectivity index (χ2v) is 15.7. The number of carbonyl (C=O) groups excluding carboxylic acids is 4. The van der Waals surface area contributed by atoms with Gasteiger partial charge < -0.3 is 34.0 Å². The molecule has 3 aromatic rings. The van der Waals surface area contributed by atoms with Crippen molar-refractivity contribution in [2.24, 2.45) is 5.92 Å². The quantitative estimate of drug-likeness (QED) is 0.156. The zero-order valence-electron chi connectivity index (χ0n) is 35.7. The molecule has 2 aliphatic heterocycles. The van der Waals surface area contributed by atoms with Gasteiger partial charge in [0.2, 0.25) is 5.91 Å². The van der Waals surface area contributed by atoms with Crippen LogP contribution in [0, 0.1) is 19.8 Å². The molecule has 6 rings (SSSR count). The van der Waals surface area contributed by atoms with Gasteiger partial charge in [-0.15, -0.1) is 0 Å². The first-order chi connectivity index (χ1) is 28.1. The highest BCUT2D eigenvalue weighted by atomic mass is 16.5. The molecular formula is C46H54N6O7. The molecule has 0 radical (unpaired) electrons. The molecule has 2 N–H and O–H groups in total.